The zero-order valence-corrected chi connectivity index (χ0v) is 5.93. The first kappa shape index (κ1) is 5.69. The SMILES string of the molecule is CN(NC1CC1)C1CC1. The highest BCUT2D eigenvalue weighted by molar-refractivity contribution is 4.85. The van der Waals surface area contributed by atoms with Crippen LogP contribution in [0.25, 0.3) is 0 Å². The summed E-state index contributed by atoms with van der Waals surface area (Å²) in [6.45, 7) is 0. The molecule has 0 aromatic carbocycles. The molecule has 0 amide bonds. The molecule has 1 N–H and O–H groups in total. The van der Waals surface area contributed by atoms with Crippen molar-refractivity contribution in [2.45, 2.75) is 37.8 Å². The van der Waals surface area contributed by atoms with Gasteiger partial charge >= 0.3 is 0 Å². The number of hydrogen-bond donors (Lipinski definition) is 1. The molecule has 2 saturated carbocycles. The summed E-state index contributed by atoms with van der Waals surface area (Å²) in [6.07, 6.45) is 5.57. The van der Waals surface area contributed by atoms with Crippen LogP contribution in [0.15, 0.2) is 0 Å². The minimum absolute atomic E-state index is 0.829. The van der Waals surface area contributed by atoms with Crippen molar-refractivity contribution in [3.63, 3.8) is 0 Å². The van der Waals surface area contributed by atoms with Crippen LogP contribution in [0.3, 0.4) is 0 Å². The van der Waals surface area contributed by atoms with Crippen LogP contribution in [0.2, 0.25) is 0 Å². The Morgan fingerprint density at radius 1 is 1.22 bits per heavy atom. The number of nitrogens with zero attached hydrogens (tertiary/aromatic N) is 1. The number of nitrogens with one attached hydrogen (secondary N) is 1. The van der Waals surface area contributed by atoms with Crippen molar-refractivity contribution in [1.82, 2.24) is 10.4 Å². The predicted molar refractivity (Wildman–Crippen MR) is 36.9 cm³/mol. The van der Waals surface area contributed by atoms with Gasteiger partial charge in [0.1, 0.15) is 0 Å². The van der Waals surface area contributed by atoms with E-state index in [0.717, 1.165) is 12.1 Å². The van der Waals surface area contributed by atoms with Gasteiger partial charge in [0.05, 0.1) is 0 Å². The van der Waals surface area contributed by atoms with Gasteiger partial charge in [0, 0.05) is 19.1 Å². The lowest BCUT2D eigenvalue weighted by Crippen LogP contribution is -2.37. The normalized spacial score (nSPS) is 27.3. The minimum atomic E-state index is 0.829. The molecule has 0 saturated heterocycles. The molecular weight excluding hydrogens is 112 g/mol. The van der Waals surface area contributed by atoms with Crippen molar-refractivity contribution in [2.75, 3.05) is 7.05 Å². The van der Waals surface area contributed by atoms with Gasteiger partial charge in [0.25, 0.3) is 0 Å². The van der Waals surface area contributed by atoms with Gasteiger partial charge in [-0.2, -0.15) is 0 Å². The van der Waals surface area contributed by atoms with Gasteiger partial charge in [0.15, 0.2) is 0 Å². The first-order valence-electron chi connectivity index (χ1n) is 3.85. The molecule has 0 bridgehead atoms. The molecule has 2 aliphatic carbocycles. The van der Waals surface area contributed by atoms with Crippen LogP contribution in [0.5, 0.6) is 0 Å². The largest absolute Gasteiger partial charge is 0.252 e. The maximum Gasteiger partial charge on any atom is 0.0241 e. The highest BCUT2D eigenvalue weighted by atomic mass is 15.5. The third-order valence-corrected chi connectivity index (χ3v) is 2.06. The van der Waals surface area contributed by atoms with E-state index in [1.54, 1.807) is 0 Å². The molecule has 0 aliphatic heterocycles. The van der Waals surface area contributed by atoms with E-state index in [9.17, 15) is 0 Å². The minimum Gasteiger partial charge on any atom is -0.252 e. The lowest BCUT2D eigenvalue weighted by atomic mass is 10.6. The molecular formula is C7H14N2. The lowest BCUT2D eigenvalue weighted by Gasteiger charge is -2.15. The second kappa shape index (κ2) is 1.96. The van der Waals surface area contributed by atoms with Crippen molar-refractivity contribution in [3.05, 3.63) is 0 Å². The maximum absolute atomic E-state index is 3.45. The van der Waals surface area contributed by atoms with E-state index in [1.807, 2.05) is 0 Å². The maximum atomic E-state index is 3.45. The molecule has 2 fully saturated rings. The van der Waals surface area contributed by atoms with Crippen molar-refractivity contribution in [3.8, 4) is 0 Å². The first-order valence-corrected chi connectivity index (χ1v) is 3.85. The van der Waals surface area contributed by atoms with Gasteiger partial charge in [-0.15, -0.1) is 0 Å². The van der Waals surface area contributed by atoms with Crippen LogP contribution in [-0.2, 0) is 0 Å². The van der Waals surface area contributed by atoms with Gasteiger partial charge in [0.2, 0.25) is 0 Å². The number of hydrogen-bond acceptors (Lipinski definition) is 2. The summed E-state index contributed by atoms with van der Waals surface area (Å²) in [4.78, 5) is 0. The molecule has 0 spiro atoms. The molecule has 0 aromatic heterocycles. The van der Waals surface area contributed by atoms with Crippen LogP contribution in [0.1, 0.15) is 25.7 Å². The van der Waals surface area contributed by atoms with Crippen molar-refractivity contribution < 1.29 is 0 Å². The Balaban J connectivity index is 1.69. The van der Waals surface area contributed by atoms with Gasteiger partial charge in [-0.3, -0.25) is 5.43 Å². The zero-order chi connectivity index (χ0) is 6.27. The number of rotatable bonds is 3. The van der Waals surface area contributed by atoms with E-state index in [0.29, 0.717) is 0 Å². The summed E-state index contributed by atoms with van der Waals surface area (Å²) in [5.41, 5.74) is 3.45. The topological polar surface area (TPSA) is 15.3 Å². The van der Waals surface area contributed by atoms with Gasteiger partial charge in [-0.1, -0.05) is 0 Å². The van der Waals surface area contributed by atoms with Crippen LogP contribution < -0.4 is 5.43 Å². The highest BCUT2D eigenvalue weighted by Crippen LogP contribution is 2.26. The molecule has 0 aromatic rings. The third-order valence-electron chi connectivity index (χ3n) is 2.06. The Morgan fingerprint density at radius 3 is 2.33 bits per heavy atom. The van der Waals surface area contributed by atoms with E-state index < -0.39 is 0 Å². The quantitative estimate of drug-likeness (QED) is 0.561. The summed E-state index contributed by atoms with van der Waals surface area (Å²) in [5, 5.41) is 2.29. The Kier molecular flexibility index (Phi) is 1.24. The third kappa shape index (κ3) is 1.43. The Bertz CT molecular complexity index is 105. The van der Waals surface area contributed by atoms with Crippen molar-refractivity contribution in [1.29, 1.82) is 0 Å². The zero-order valence-electron chi connectivity index (χ0n) is 5.93. The Hall–Kier alpha value is -0.0800. The van der Waals surface area contributed by atoms with E-state index in [-0.39, 0.29) is 0 Å². The molecule has 0 radical (unpaired) electrons. The fraction of sp³-hybridized carbons (Fsp3) is 1.00. The first-order chi connectivity index (χ1) is 4.36. The number of hydrazine groups is 1. The molecule has 2 nitrogen and oxygen atoms in total. The predicted octanol–water partition coefficient (Wildman–Crippen LogP) is 0.748. The Morgan fingerprint density at radius 2 is 1.89 bits per heavy atom. The van der Waals surface area contributed by atoms with E-state index in [4.69, 9.17) is 0 Å². The molecule has 0 atom stereocenters. The molecule has 0 heterocycles. The molecule has 2 rings (SSSR count). The molecule has 0 unspecified atom stereocenters. The summed E-state index contributed by atoms with van der Waals surface area (Å²) in [6, 6.07) is 1.70. The summed E-state index contributed by atoms with van der Waals surface area (Å²) < 4.78 is 0. The average Bonchev–Trinajstić information content (AvgIpc) is 2.62. The van der Waals surface area contributed by atoms with Crippen LogP contribution in [-0.4, -0.2) is 24.1 Å². The van der Waals surface area contributed by atoms with E-state index in [2.05, 4.69) is 17.5 Å². The van der Waals surface area contributed by atoms with Crippen LogP contribution in [0.4, 0.5) is 0 Å². The van der Waals surface area contributed by atoms with Gasteiger partial charge in [-0.05, 0) is 25.7 Å². The van der Waals surface area contributed by atoms with Crippen molar-refractivity contribution >= 4 is 0 Å². The monoisotopic (exact) mass is 126 g/mol. The highest BCUT2D eigenvalue weighted by Gasteiger charge is 2.30. The van der Waals surface area contributed by atoms with Crippen molar-refractivity contribution in [2.24, 2.45) is 0 Å². The fourth-order valence-corrected chi connectivity index (χ4v) is 1.07. The van der Waals surface area contributed by atoms with Gasteiger partial charge in [-0.25, -0.2) is 5.01 Å². The smallest absolute Gasteiger partial charge is 0.0241 e. The molecule has 2 aliphatic rings. The Labute approximate surface area is 56.2 Å². The standard InChI is InChI=1S/C7H14N2/c1-9(7-4-5-7)8-6-2-3-6/h6-8H,2-5H2,1H3. The summed E-state index contributed by atoms with van der Waals surface area (Å²) in [5.74, 6) is 0. The lowest BCUT2D eigenvalue weighted by molar-refractivity contribution is 0.220. The fourth-order valence-electron chi connectivity index (χ4n) is 1.07. The molecule has 2 heteroatoms. The average molecular weight is 126 g/mol. The van der Waals surface area contributed by atoms with E-state index >= 15 is 0 Å². The van der Waals surface area contributed by atoms with Crippen LogP contribution >= 0.6 is 0 Å². The summed E-state index contributed by atoms with van der Waals surface area (Å²) in [7, 11) is 2.16. The van der Waals surface area contributed by atoms with Gasteiger partial charge < -0.3 is 0 Å². The second-order valence-electron chi connectivity index (χ2n) is 3.25. The van der Waals surface area contributed by atoms with E-state index in [1.165, 1.54) is 25.7 Å². The molecule has 52 valence electrons. The van der Waals surface area contributed by atoms with Crippen LogP contribution in [0, 0.1) is 0 Å². The summed E-state index contributed by atoms with van der Waals surface area (Å²) >= 11 is 0. The molecule has 9 heavy (non-hydrogen) atoms. The second-order valence-corrected chi connectivity index (χ2v) is 3.25.